The summed E-state index contributed by atoms with van der Waals surface area (Å²) < 4.78 is 10.7. The van der Waals surface area contributed by atoms with Crippen LogP contribution in [0.5, 0.6) is 5.75 Å². The zero-order valence-electron chi connectivity index (χ0n) is 18.8. The van der Waals surface area contributed by atoms with Gasteiger partial charge in [-0.25, -0.2) is 9.78 Å². The number of carbonyl (C=O) groups is 1. The second-order valence-electron chi connectivity index (χ2n) is 7.95. The van der Waals surface area contributed by atoms with Crippen LogP contribution in [0.3, 0.4) is 0 Å². The van der Waals surface area contributed by atoms with Crippen LogP contribution in [0.1, 0.15) is 35.6 Å². The van der Waals surface area contributed by atoms with Gasteiger partial charge in [-0.05, 0) is 48.7 Å². The van der Waals surface area contributed by atoms with Crippen molar-refractivity contribution >= 4 is 17.6 Å². The predicted octanol–water partition coefficient (Wildman–Crippen LogP) is 6.56. The van der Waals surface area contributed by atoms with Crippen LogP contribution in [-0.4, -0.2) is 29.2 Å². The third-order valence-electron chi connectivity index (χ3n) is 5.17. The Morgan fingerprint density at radius 2 is 1.64 bits per heavy atom. The minimum atomic E-state index is -0.462. The summed E-state index contributed by atoms with van der Waals surface area (Å²) in [6, 6.07) is 23.9. The van der Waals surface area contributed by atoms with E-state index in [1.165, 1.54) is 7.11 Å². The molecule has 4 rings (SSSR count). The fourth-order valence-electron chi connectivity index (χ4n) is 3.58. The number of ether oxygens (including phenoxy) is 2. The van der Waals surface area contributed by atoms with Gasteiger partial charge in [0.25, 0.3) is 0 Å². The number of nitrogens with one attached hydrogen (secondary N) is 1. The number of carbonyl (C=O) groups excluding carboxylic acids is 1. The summed E-state index contributed by atoms with van der Waals surface area (Å²) in [5.41, 5.74) is 5.03. The molecule has 0 unspecified atom stereocenters. The Labute approximate surface area is 198 Å². The standard InChI is InChI=1S/C27H25ClN2O3/c1-17(2)33-24-14-13-21(16-22(24)28)26-29-23(25(30-26)27(31)32-3)15-18-9-11-20(12-10-18)19-7-5-4-6-8-19/h4-14,16-17H,15H2,1-3H3,(H,29,30). The van der Waals surface area contributed by atoms with Gasteiger partial charge in [-0.2, -0.15) is 0 Å². The fourth-order valence-corrected chi connectivity index (χ4v) is 3.81. The highest BCUT2D eigenvalue weighted by Crippen LogP contribution is 2.31. The Bertz CT molecular complexity index is 1250. The van der Waals surface area contributed by atoms with E-state index in [4.69, 9.17) is 26.1 Å². The molecule has 0 aliphatic heterocycles. The average molecular weight is 461 g/mol. The minimum Gasteiger partial charge on any atom is -0.489 e. The summed E-state index contributed by atoms with van der Waals surface area (Å²) in [4.78, 5) is 20.2. The SMILES string of the molecule is COC(=O)c1[nH]c(-c2ccc(OC(C)C)c(Cl)c2)nc1Cc1ccc(-c2ccccc2)cc1. The lowest BCUT2D eigenvalue weighted by molar-refractivity contribution is 0.0593. The van der Waals surface area contributed by atoms with Crippen molar-refractivity contribution in [2.24, 2.45) is 0 Å². The number of halogens is 1. The molecule has 0 amide bonds. The van der Waals surface area contributed by atoms with E-state index in [2.05, 4.69) is 29.2 Å². The van der Waals surface area contributed by atoms with Crippen molar-refractivity contribution in [1.82, 2.24) is 9.97 Å². The summed E-state index contributed by atoms with van der Waals surface area (Å²) in [7, 11) is 1.36. The normalized spacial score (nSPS) is 10.9. The Morgan fingerprint density at radius 3 is 2.27 bits per heavy atom. The van der Waals surface area contributed by atoms with Crippen LogP contribution in [-0.2, 0) is 11.2 Å². The third-order valence-corrected chi connectivity index (χ3v) is 5.46. The number of rotatable bonds is 7. The van der Waals surface area contributed by atoms with Crippen LogP contribution in [0.25, 0.3) is 22.5 Å². The molecule has 1 aromatic heterocycles. The molecule has 0 radical (unpaired) electrons. The number of aromatic amines is 1. The molecule has 1 heterocycles. The quantitative estimate of drug-likeness (QED) is 0.317. The molecule has 0 atom stereocenters. The highest BCUT2D eigenvalue weighted by Gasteiger charge is 2.20. The topological polar surface area (TPSA) is 64.2 Å². The van der Waals surface area contributed by atoms with Crippen molar-refractivity contribution in [1.29, 1.82) is 0 Å². The number of nitrogens with zero attached hydrogens (tertiary/aromatic N) is 1. The van der Waals surface area contributed by atoms with Crippen LogP contribution >= 0.6 is 11.6 Å². The van der Waals surface area contributed by atoms with Crippen molar-refractivity contribution in [2.45, 2.75) is 26.4 Å². The smallest absolute Gasteiger partial charge is 0.356 e. The maximum atomic E-state index is 12.4. The highest BCUT2D eigenvalue weighted by molar-refractivity contribution is 6.32. The summed E-state index contributed by atoms with van der Waals surface area (Å²) >= 11 is 6.40. The van der Waals surface area contributed by atoms with Crippen molar-refractivity contribution in [3.8, 4) is 28.3 Å². The van der Waals surface area contributed by atoms with Crippen LogP contribution in [0.15, 0.2) is 72.8 Å². The number of esters is 1. The van der Waals surface area contributed by atoms with Gasteiger partial charge in [0.1, 0.15) is 17.3 Å². The lowest BCUT2D eigenvalue weighted by Gasteiger charge is -2.11. The third kappa shape index (κ3) is 5.26. The van der Waals surface area contributed by atoms with E-state index in [0.717, 1.165) is 22.3 Å². The van der Waals surface area contributed by atoms with Crippen molar-refractivity contribution in [3.63, 3.8) is 0 Å². The van der Waals surface area contributed by atoms with E-state index in [-0.39, 0.29) is 6.10 Å². The first-order chi connectivity index (χ1) is 15.9. The summed E-state index contributed by atoms with van der Waals surface area (Å²) in [5, 5.41) is 0.482. The Kier molecular flexibility index (Phi) is 6.80. The van der Waals surface area contributed by atoms with E-state index < -0.39 is 5.97 Å². The molecule has 5 nitrogen and oxygen atoms in total. The average Bonchev–Trinajstić information content (AvgIpc) is 3.24. The van der Waals surface area contributed by atoms with Gasteiger partial charge in [-0.15, -0.1) is 0 Å². The molecule has 4 aromatic rings. The molecular weight excluding hydrogens is 436 g/mol. The number of hydrogen-bond acceptors (Lipinski definition) is 4. The lowest BCUT2D eigenvalue weighted by atomic mass is 10.0. The van der Waals surface area contributed by atoms with E-state index in [9.17, 15) is 4.79 Å². The number of benzene rings is 3. The van der Waals surface area contributed by atoms with Crippen LogP contribution < -0.4 is 4.74 Å². The first kappa shape index (κ1) is 22.6. The second kappa shape index (κ2) is 9.92. The minimum absolute atomic E-state index is 0.0165. The molecular formula is C27H25ClN2O3. The van der Waals surface area contributed by atoms with Crippen LogP contribution in [0, 0.1) is 0 Å². The molecule has 1 N–H and O–H groups in total. The first-order valence-electron chi connectivity index (χ1n) is 10.7. The largest absolute Gasteiger partial charge is 0.489 e. The molecule has 0 spiro atoms. The van der Waals surface area contributed by atoms with E-state index >= 15 is 0 Å². The predicted molar refractivity (Wildman–Crippen MR) is 131 cm³/mol. The number of H-pyrrole nitrogens is 1. The summed E-state index contributed by atoms with van der Waals surface area (Å²) in [5.74, 6) is 0.689. The Balaban J connectivity index is 1.62. The van der Waals surface area contributed by atoms with Gasteiger partial charge in [0.05, 0.1) is 23.9 Å². The molecule has 6 heteroatoms. The Morgan fingerprint density at radius 1 is 0.970 bits per heavy atom. The van der Waals surface area contributed by atoms with E-state index in [1.807, 2.05) is 50.2 Å². The maximum absolute atomic E-state index is 12.4. The van der Waals surface area contributed by atoms with Crippen LogP contribution in [0.4, 0.5) is 0 Å². The van der Waals surface area contributed by atoms with Gasteiger partial charge < -0.3 is 14.5 Å². The van der Waals surface area contributed by atoms with Gasteiger partial charge in [0.2, 0.25) is 0 Å². The van der Waals surface area contributed by atoms with E-state index in [1.54, 1.807) is 12.1 Å². The summed E-state index contributed by atoms with van der Waals surface area (Å²) in [6.07, 6.45) is 0.501. The van der Waals surface area contributed by atoms with Gasteiger partial charge in [0, 0.05) is 12.0 Å². The first-order valence-corrected chi connectivity index (χ1v) is 11.1. The zero-order valence-corrected chi connectivity index (χ0v) is 19.5. The fraction of sp³-hybridized carbons (Fsp3) is 0.185. The molecule has 3 aromatic carbocycles. The van der Waals surface area contributed by atoms with Gasteiger partial charge in [0.15, 0.2) is 0 Å². The van der Waals surface area contributed by atoms with Crippen molar-refractivity contribution in [3.05, 3.63) is 94.8 Å². The molecule has 0 aliphatic rings. The number of methoxy groups -OCH3 is 1. The van der Waals surface area contributed by atoms with Gasteiger partial charge in [-0.3, -0.25) is 0 Å². The summed E-state index contributed by atoms with van der Waals surface area (Å²) in [6.45, 7) is 3.89. The number of imidazole rings is 1. The molecule has 168 valence electrons. The van der Waals surface area contributed by atoms with E-state index in [0.29, 0.717) is 34.4 Å². The Hall–Kier alpha value is -3.57. The maximum Gasteiger partial charge on any atom is 0.356 e. The number of hydrogen-bond donors (Lipinski definition) is 1. The second-order valence-corrected chi connectivity index (χ2v) is 8.36. The molecule has 0 saturated heterocycles. The monoisotopic (exact) mass is 460 g/mol. The molecule has 0 aliphatic carbocycles. The molecule has 0 saturated carbocycles. The van der Waals surface area contributed by atoms with Crippen molar-refractivity contribution in [2.75, 3.05) is 7.11 Å². The van der Waals surface area contributed by atoms with Gasteiger partial charge in [-0.1, -0.05) is 66.2 Å². The lowest BCUT2D eigenvalue weighted by Crippen LogP contribution is -2.06. The molecule has 0 bridgehead atoms. The zero-order chi connectivity index (χ0) is 23.4. The number of aromatic nitrogens is 2. The van der Waals surface area contributed by atoms with Gasteiger partial charge >= 0.3 is 5.97 Å². The highest BCUT2D eigenvalue weighted by atomic mass is 35.5. The molecule has 33 heavy (non-hydrogen) atoms. The molecule has 0 fully saturated rings. The van der Waals surface area contributed by atoms with Crippen molar-refractivity contribution < 1.29 is 14.3 Å². The van der Waals surface area contributed by atoms with Crippen LogP contribution in [0.2, 0.25) is 5.02 Å².